The van der Waals surface area contributed by atoms with Gasteiger partial charge >= 0.3 is 0 Å². The van der Waals surface area contributed by atoms with E-state index in [1.807, 2.05) is 0 Å². The molecule has 0 aromatic carbocycles. The highest BCUT2D eigenvalue weighted by molar-refractivity contribution is 6.32. The van der Waals surface area contributed by atoms with Crippen molar-refractivity contribution in [2.24, 2.45) is 0 Å². The van der Waals surface area contributed by atoms with E-state index in [0.29, 0.717) is 12.0 Å². The number of rotatable bonds is 2. The van der Waals surface area contributed by atoms with Gasteiger partial charge in [-0.05, 0) is 6.07 Å². The standard InChI is InChI=1S/C8H8ClNO2/c1-2-6(11)5-3-4-7(12)10-8(5)9/h3-4H,2H2,1H3,(H,10,12). The van der Waals surface area contributed by atoms with E-state index in [4.69, 9.17) is 11.6 Å². The first-order valence-electron chi connectivity index (χ1n) is 3.57. The Labute approximate surface area is 74.4 Å². The molecule has 1 aromatic heterocycles. The zero-order valence-electron chi connectivity index (χ0n) is 6.56. The van der Waals surface area contributed by atoms with E-state index < -0.39 is 0 Å². The van der Waals surface area contributed by atoms with Gasteiger partial charge in [0.05, 0.1) is 5.56 Å². The molecule has 0 radical (unpaired) electrons. The summed E-state index contributed by atoms with van der Waals surface area (Å²) in [5, 5.41) is 0.120. The Hall–Kier alpha value is -1.09. The molecule has 0 unspecified atom stereocenters. The van der Waals surface area contributed by atoms with Crippen molar-refractivity contribution in [2.45, 2.75) is 13.3 Å². The lowest BCUT2D eigenvalue weighted by molar-refractivity contribution is 0.0988. The van der Waals surface area contributed by atoms with E-state index in [9.17, 15) is 9.59 Å². The molecule has 1 N–H and O–H groups in total. The van der Waals surface area contributed by atoms with E-state index in [1.165, 1.54) is 12.1 Å². The fraction of sp³-hybridized carbons (Fsp3) is 0.250. The lowest BCUT2D eigenvalue weighted by Gasteiger charge is -1.98. The van der Waals surface area contributed by atoms with Crippen LogP contribution in [0.2, 0.25) is 5.15 Å². The van der Waals surface area contributed by atoms with Gasteiger partial charge in [0.15, 0.2) is 5.78 Å². The molecular weight excluding hydrogens is 178 g/mol. The maximum atomic E-state index is 11.1. The van der Waals surface area contributed by atoms with Crippen LogP contribution in [0, 0.1) is 0 Å². The number of pyridine rings is 1. The van der Waals surface area contributed by atoms with Crippen LogP contribution >= 0.6 is 11.6 Å². The third kappa shape index (κ3) is 1.74. The molecule has 1 rings (SSSR count). The highest BCUT2D eigenvalue weighted by Gasteiger charge is 2.07. The van der Waals surface area contributed by atoms with Gasteiger partial charge in [-0.1, -0.05) is 18.5 Å². The van der Waals surface area contributed by atoms with Crippen LogP contribution in [0.5, 0.6) is 0 Å². The van der Waals surface area contributed by atoms with Gasteiger partial charge in [0.2, 0.25) is 5.56 Å². The monoisotopic (exact) mass is 185 g/mol. The van der Waals surface area contributed by atoms with Crippen LogP contribution in [0.4, 0.5) is 0 Å². The lowest BCUT2D eigenvalue weighted by atomic mass is 10.1. The summed E-state index contributed by atoms with van der Waals surface area (Å²) < 4.78 is 0. The minimum Gasteiger partial charge on any atom is -0.312 e. The molecule has 1 aromatic rings. The number of aromatic amines is 1. The number of hydrogen-bond donors (Lipinski definition) is 1. The number of H-pyrrole nitrogens is 1. The van der Waals surface area contributed by atoms with Gasteiger partial charge < -0.3 is 4.98 Å². The molecule has 3 nitrogen and oxygen atoms in total. The van der Waals surface area contributed by atoms with Gasteiger partial charge in [-0.25, -0.2) is 0 Å². The van der Waals surface area contributed by atoms with E-state index in [1.54, 1.807) is 6.92 Å². The molecular formula is C8H8ClNO2. The summed E-state index contributed by atoms with van der Waals surface area (Å²) in [6.07, 6.45) is 0.381. The first-order chi connectivity index (χ1) is 5.65. The summed E-state index contributed by atoms with van der Waals surface area (Å²) in [6, 6.07) is 2.72. The van der Waals surface area contributed by atoms with Crippen LogP contribution in [-0.2, 0) is 0 Å². The number of halogens is 1. The van der Waals surface area contributed by atoms with Gasteiger partial charge in [-0.15, -0.1) is 0 Å². The number of ketones is 1. The molecule has 1 heterocycles. The van der Waals surface area contributed by atoms with Gasteiger partial charge in [0, 0.05) is 12.5 Å². The average molecular weight is 186 g/mol. The molecule has 0 aliphatic rings. The molecule has 0 fully saturated rings. The second kappa shape index (κ2) is 3.54. The summed E-state index contributed by atoms with van der Waals surface area (Å²) in [5.41, 5.74) is 0.0754. The molecule has 0 saturated carbocycles. The zero-order valence-corrected chi connectivity index (χ0v) is 7.31. The minimum atomic E-state index is -0.298. The highest BCUT2D eigenvalue weighted by atomic mass is 35.5. The van der Waals surface area contributed by atoms with Crippen LogP contribution in [0.25, 0.3) is 0 Å². The average Bonchev–Trinajstić information content (AvgIpc) is 2.03. The quantitative estimate of drug-likeness (QED) is 0.562. The van der Waals surface area contributed by atoms with Gasteiger partial charge in [-0.2, -0.15) is 0 Å². The molecule has 12 heavy (non-hydrogen) atoms. The molecule has 0 aliphatic heterocycles. The summed E-state index contributed by atoms with van der Waals surface area (Å²) in [5.74, 6) is -0.0729. The number of hydrogen-bond acceptors (Lipinski definition) is 2. The van der Waals surface area contributed by atoms with Gasteiger partial charge in [0.25, 0.3) is 0 Å². The summed E-state index contributed by atoms with van der Waals surface area (Å²) >= 11 is 5.63. The van der Waals surface area contributed by atoms with Crippen molar-refractivity contribution >= 4 is 17.4 Å². The van der Waals surface area contributed by atoms with Crippen LogP contribution in [0.15, 0.2) is 16.9 Å². The van der Waals surface area contributed by atoms with E-state index in [-0.39, 0.29) is 16.5 Å². The van der Waals surface area contributed by atoms with Gasteiger partial charge in [-0.3, -0.25) is 9.59 Å². The number of Topliss-reactive ketones (excluding diaryl/α,β-unsaturated/α-hetero) is 1. The highest BCUT2D eigenvalue weighted by Crippen LogP contribution is 2.11. The lowest BCUT2D eigenvalue weighted by Crippen LogP contribution is -2.08. The minimum absolute atomic E-state index is 0.0729. The molecule has 0 amide bonds. The largest absolute Gasteiger partial charge is 0.312 e. The van der Waals surface area contributed by atoms with Crippen LogP contribution < -0.4 is 5.56 Å². The zero-order chi connectivity index (χ0) is 9.14. The molecule has 0 bridgehead atoms. The molecule has 0 atom stereocenters. The maximum absolute atomic E-state index is 11.1. The molecule has 0 aliphatic carbocycles. The molecule has 0 spiro atoms. The van der Waals surface area contributed by atoms with Crippen LogP contribution in [-0.4, -0.2) is 10.8 Å². The topological polar surface area (TPSA) is 49.9 Å². The van der Waals surface area contributed by atoms with E-state index in [2.05, 4.69) is 4.98 Å². The Balaban J connectivity index is 3.18. The van der Waals surface area contributed by atoms with Crippen LogP contribution in [0.1, 0.15) is 23.7 Å². The van der Waals surface area contributed by atoms with Gasteiger partial charge in [0.1, 0.15) is 5.15 Å². The molecule has 0 saturated heterocycles. The maximum Gasteiger partial charge on any atom is 0.249 e. The number of carbonyl (C=O) groups is 1. The summed E-state index contributed by atoms with van der Waals surface area (Å²) in [6.45, 7) is 1.74. The first kappa shape index (κ1) is 9.00. The Bertz CT molecular complexity index is 356. The third-order valence-corrected chi connectivity index (χ3v) is 1.79. The van der Waals surface area contributed by atoms with Crippen molar-refractivity contribution in [1.82, 2.24) is 4.98 Å². The fourth-order valence-corrected chi connectivity index (χ4v) is 1.12. The Morgan fingerprint density at radius 2 is 2.25 bits per heavy atom. The van der Waals surface area contributed by atoms with Crippen molar-refractivity contribution in [3.63, 3.8) is 0 Å². The van der Waals surface area contributed by atoms with Crippen molar-refractivity contribution in [2.75, 3.05) is 0 Å². The van der Waals surface area contributed by atoms with Crippen molar-refractivity contribution in [3.8, 4) is 0 Å². The Morgan fingerprint density at radius 1 is 1.58 bits per heavy atom. The predicted molar refractivity (Wildman–Crippen MR) is 46.7 cm³/mol. The first-order valence-corrected chi connectivity index (χ1v) is 3.95. The molecule has 64 valence electrons. The predicted octanol–water partition coefficient (Wildman–Crippen LogP) is 1.62. The smallest absolute Gasteiger partial charge is 0.249 e. The normalized spacial score (nSPS) is 9.83. The third-order valence-electron chi connectivity index (χ3n) is 1.49. The Kier molecular flexibility index (Phi) is 2.65. The SMILES string of the molecule is CCC(=O)c1ccc(=O)[nH]c1Cl. The van der Waals surface area contributed by atoms with Crippen molar-refractivity contribution in [3.05, 3.63) is 33.2 Å². The summed E-state index contributed by atoms with van der Waals surface area (Å²) in [4.78, 5) is 24.2. The fourth-order valence-electron chi connectivity index (χ4n) is 0.855. The van der Waals surface area contributed by atoms with E-state index in [0.717, 1.165) is 0 Å². The number of nitrogens with one attached hydrogen (secondary N) is 1. The second-order valence-electron chi connectivity index (χ2n) is 2.33. The number of aromatic nitrogens is 1. The van der Waals surface area contributed by atoms with E-state index >= 15 is 0 Å². The Morgan fingerprint density at radius 3 is 2.75 bits per heavy atom. The second-order valence-corrected chi connectivity index (χ2v) is 2.70. The van der Waals surface area contributed by atoms with Crippen LogP contribution in [0.3, 0.4) is 0 Å². The van der Waals surface area contributed by atoms with Crippen molar-refractivity contribution in [1.29, 1.82) is 0 Å². The number of carbonyl (C=O) groups excluding carboxylic acids is 1. The molecule has 4 heteroatoms. The van der Waals surface area contributed by atoms with Crippen molar-refractivity contribution < 1.29 is 4.79 Å². The summed E-state index contributed by atoms with van der Waals surface area (Å²) in [7, 11) is 0.